The van der Waals surface area contributed by atoms with Crippen molar-refractivity contribution in [3.05, 3.63) is 54.0 Å². The van der Waals surface area contributed by atoms with Crippen molar-refractivity contribution in [2.45, 2.75) is 25.3 Å². The van der Waals surface area contributed by atoms with E-state index < -0.39 is 0 Å². The van der Waals surface area contributed by atoms with Gasteiger partial charge in [0.1, 0.15) is 17.8 Å². The highest BCUT2D eigenvalue weighted by Gasteiger charge is 2.33. The number of anilines is 1. The van der Waals surface area contributed by atoms with E-state index >= 15 is 0 Å². The van der Waals surface area contributed by atoms with E-state index in [1.165, 1.54) is 11.1 Å². The van der Waals surface area contributed by atoms with Gasteiger partial charge in [-0.25, -0.2) is 9.97 Å². The highest BCUT2D eigenvalue weighted by atomic mass is 15.2. The summed E-state index contributed by atoms with van der Waals surface area (Å²) in [5, 5.41) is 1.08. The molecular formula is C17H18N4. The highest BCUT2D eigenvalue weighted by molar-refractivity contribution is 5.87. The number of hydrogen-bond acceptors (Lipinski definition) is 3. The second-order valence-corrected chi connectivity index (χ2v) is 5.80. The average molecular weight is 278 g/mol. The smallest absolute Gasteiger partial charge is 0.142 e. The summed E-state index contributed by atoms with van der Waals surface area (Å²) in [5.74, 6) is 1.58. The predicted octanol–water partition coefficient (Wildman–Crippen LogP) is 3.12. The molecule has 4 heteroatoms. The Kier molecular flexibility index (Phi) is 2.70. The molecule has 0 radical (unpaired) electrons. The van der Waals surface area contributed by atoms with Crippen LogP contribution in [0.25, 0.3) is 11.0 Å². The molecule has 4 nitrogen and oxygen atoms in total. The molecule has 1 aromatic carbocycles. The molecule has 21 heavy (non-hydrogen) atoms. The standard InChI is InChI=1S/C17H18N4/c1-11(15-9-12-5-3-4-6-13(12)15)21(2)17-14-7-8-18-16(14)19-10-20-17/h3-8,10-11,15H,9H2,1-2H3,(H,18,19,20). The van der Waals surface area contributed by atoms with Crippen molar-refractivity contribution in [3.8, 4) is 0 Å². The molecule has 2 atom stereocenters. The first kappa shape index (κ1) is 12.4. The fraction of sp³-hybridized carbons (Fsp3) is 0.294. The molecule has 1 aliphatic rings. The van der Waals surface area contributed by atoms with Gasteiger partial charge in [-0.05, 0) is 30.5 Å². The Labute approximate surface area is 123 Å². The fourth-order valence-corrected chi connectivity index (χ4v) is 3.33. The first-order valence-corrected chi connectivity index (χ1v) is 7.34. The summed E-state index contributed by atoms with van der Waals surface area (Å²) >= 11 is 0. The van der Waals surface area contributed by atoms with Crippen LogP contribution in [0.4, 0.5) is 5.82 Å². The van der Waals surface area contributed by atoms with Crippen molar-refractivity contribution in [3.63, 3.8) is 0 Å². The number of rotatable bonds is 3. The Morgan fingerprint density at radius 1 is 1.24 bits per heavy atom. The molecule has 0 saturated carbocycles. The van der Waals surface area contributed by atoms with Gasteiger partial charge < -0.3 is 9.88 Å². The van der Waals surface area contributed by atoms with Crippen molar-refractivity contribution < 1.29 is 0 Å². The van der Waals surface area contributed by atoms with Gasteiger partial charge in [0.2, 0.25) is 0 Å². The minimum absolute atomic E-state index is 0.410. The van der Waals surface area contributed by atoms with Crippen LogP contribution in [-0.2, 0) is 6.42 Å². The van der Waals surface area contributed by atoms with Crippen LogP contribution in [0.1, 0.15) is 24.0 Å². The molecule has 1 N–H and O–H groups in total. The number of likely N-dealkylation sites (N-methyl/N-ethyl adjacent to an activating group) is 1. The zero-order chi connectivity index (χ0) is 14.4. The number of hydrogen-bond donors (Lipinski definition) is 1. The number of aromatic nitrogens is 3. The van der Waals surface area contributed by atoms with Gasteiger partial charge in [0, 0.05) is 25.2 Å². The summed E-state index contributed by atoms with van der Waals surface area (Å²) in [4.78, 5) is 14.2. The molecule has 0 aliphatic heterocycles. The molecule has 3 aromatic rings. The van der Waals surface area contributed by atoms with Gasteiger partial charge in [-0.15, -0.1) is 0 Å². The van der Waals surface area contributed by atoms with Crippen molar-refractivity contribution in [2.75, 3.05) is 11.9 Å². The predicted molar refractivity (Wildman–Crippen MR) is 84.6 cm³/mol. The van der Waals surface area contributed by atoms with E-state index in [4.69, 9.17) is 0 Å². The topological polar surface area (TPSA) is 44.8 Å². The molecule has 2 unspecified atom stereocenters. The summed E-state index contributed by atoms with van der Waals surface area (Å²) < 4.78 is 0. The van der Waals surface area contributed by atoms with E-state index in [1.54, 1.807) is 6.33 Å². The first-order valence-electron chi connectivity index (χ1n) is 7.34. The number of nitrogens with one attached hydrogen (secondary N) is 1. The molecule has 0 spiro atoms. The number of benzene rings is 1. The Morgan fingerprint density at radius 3 is 2.95 bits per heavy atom. The van der Waals surface area contributed by atoms with Crippen LogP contribution >= 0.6 is 0 Å². The third kappa shape index (κ3) is 1.82. The van der Waals surface area contributed by atoms with Gasteiger partial charge in [0.15, 0.2) is 0 Å². The molecule has 1 aliphatic carbocycles. The molecule has 0 amide bonds. The zero-order valence-electron chi connectivity index (χ0n) is 12.2. The normalized spacial score (nSPS) is 18.1. The molecule has 0 fully saturated rings. The lowest BCUT2D eigenvalue weighted by molar-refractivity contribution is 0.492. The molecule has 4 rings (SSSR count). The second-order valence-electron chi connectivity index (χ2n) is 5.80. The van der Waals surface area contributed by atoms with Gasteiger partial charge in [-0.2, -0.15) is 0 Å². The summed E-state index contributed by atoms with van der Waals surface area (Å²) in [6, 6.07) is 11.2. The molecule has 106 valence electrons. The van der Waals surface area contributed by atoms with Gasteiger partial charge in [0.25, 0.3) is 0 Å². The Balaban J connectivity index is 1.66. The quantitative estimate of drug-likeness (QED) is 0.800. The minimum atomic E-state index is 0.410. The number of H-pyrrole nitrogens is 1. The third-order valence-electron chi connectivity index (χ3n) is 4.75. The van der Waals surface area contributed by atoms with Gasteiger partial charge in [0.05, 0.1) is 5.39 Å². The summed E-state index contributed by atoms with van der Waals surface area (Å²) in [5.41, 5.74) is 3.86. The van der Waals surface area contributed by atoms with Crippen molar-refractivity contribution in [1.29, 1.82) is 0 Å². The highest BCUT2D eigenvalue weighted by Crippen LogP contribution is 2.40. The zero-order valence-corrected chi connectivity index (χ0v) is 12.2. The lowest BCUT2D eigenvalue weighted by Crippen LogP contribution is -2.39. The van der Waals surface area contributed by atoms with Gasteiger partial charge in [-0.3, -0.25) is 0 Å². The lowest BCUT2D eigenvalue weighted by atomic mass is 9.73. The van der Waals surface area contributed by atoms with Crippen molar-refractivity contribution in [2.24, 2.45) is 0 Å². The maximum atomic E-state index is 4.49. The maximum Gasteiger partial charge on any atom is 0.142 e. The number of aromatic amines is 1. The van der Waals surface area contributed by atoms with Crippen LogP contribution in [0.3, 0.4) is 0 Å². The SMILES string of the molecule is CC(C1Cc2ccccc21)N(C)c1ncnc2[nH]ccc12. The first-order chi connectivity index (χ1) is 10.3. The Bertz CT molecular complexity index is 792. The van der Waals surface area contributed by atoms with E-state index in [2.05, 4.69) is 58.1 Å². The Morgan fingerprint density at radius 2 is 2.10 bits per heavy atom. The van der Waals surface area contributed by atoms with Crippen LogP contribution in [0.15, 0.2) is 42.9 Å². The average Bonchev–Trinajstić information content (AvgIpc) is 2.96. The van der Waals surface area contributed by atoms with E-state index in [-0.39, 0.29) is 0 Å². The molecule has 0 saturated heterocycles. The second kappa shape index (κ2) is 4.58. The molecule has 2 heterocycles. The van der Waals surface area contributed by atoms with Crippen LogP contribution in [-0.4, -0.2) is 28.0 Å². The maximum absolute atomic E-state index is 4.49. The van der Waals surface area contributed by atoms with Crippen LogP contribution in [0, 0.1) is 0 Å². The molecular weight excluding hydrogens is 260 g/mol. The molecule has 0 bridgehead atoms. The third-order valence-corrected chi connectivity index (χ3v) is 4.75. The van der Waals surface area contributed by atoms with Gasteiger partial charge in [-0.1, -0.05) is 24.3 Å². The van der Waals surface area contributed by atoms with E-state index in [1.807, 2.05) is 12.3 Å². The minimum Gasteiger partial charge on any atom is -0.356 e. The summed E-state index contributed by atoms with van der Waals surface area (Å²) in [7, 11) is 2.13. The molecule has 2 aromatic heterocycles. The summed E-state index contributed by atoms with van der Waals surface area (Å²) in [6.45, 7) is 2.28. The fourth-order valence-electron chi connectivity index (χ4n) is 3.33. The largest absolute Gasteiger partial charge is 0.356 e. The monoisotopic (exact) mass is 278 g/mol. The van der Waals surface area contributed by atoms with E-state index in [0.717, 1.165) is 23.3 Å². The van der Waals surface area contributed by atoms with E-state index in [9.17, 15) is 0 Å². The van der Waals surface area contributed by atoms with Crippen LogP contribution in [0.2, 0.25) is 0 Å². The number of nitrogens with zero attached hydrogens (tertiary/aromatic N) is 3. The van der Waals surface area contributed by atoms with Crippen LogP contribution < -0.4 is 4.90 Å². The van der Waals surface area contributed by atoms with Gasteiger partial charge >= 0.3 is 0 Å². The van der Waals surface area contributed by atoms with E-state index in [0.29, 0.717) is 12.0 Å². The van der Waals surface area contributed by atoms with Crippen molar-refractivity contribution >= 4 is 16.9 Å². The van der Waals surface area contributed by atoms with Crippen LogP contribution in [0.5, 0.6) is 0 Å². The van der Waals surface area contributed by atoms with Crippen molar-refractivity contribution in [1.82, 2.24) is 15.0 Å². The Hall–Kier alpha value is -2.36. The summed E-state index contributed by atoms with van der Waals surface area (Å²) in [6.07, 6.45) is 4.70. The lowest BCUT2D eigenvalue weighted by Gasteiger charge is -2.39. The number of fused-ring (bicyclic) bond motifs is 2.